The summed E-state index contributed by atoms with van der Waals surface area (Å²) < 4.78 is 0. The molecule has 0 unspecified atom stereocenters. The maximum Gasteiger partial charge on any atom is 0.123 e. The SMILES string of the molecule is C=C(C(C)=C(C)C)c1ccccc1O. The standard InChI is InChI=1S/C13H16O/c1-9(2)10(3)11(4)12-7-5-6-8-13(12)14/h5-8,14H,4H2,1-3H3. The van der Waals surface area contributed by atoms with Gasteiger partial charge in [0.1, 0.15) is 5.75 Å². The molecule has 0 aromatic heterocycles. The van der Waals surface area contributed by atoms with Gasteiger partial charge in [-0.3, -0.25) is 0 Å². The maximum atomic E-state index is 9.63. The van der Waals surface area contributed by atoms with Crippen molar-refractivity contribution in [2.75, 3.05) is 0 Å². The van der Waals surface area contributed by atoms with Crippen molar-refractivity contribution in [3.8, 4) is 5.75 Å². The number of para-hydroxylation sites is 1. The Bertz CT molecular complexity index is 382. The van der Waals surface area contributed by atoms with Gasteiger partial charge in [-0.25, -0.2) is 0 Å². The summed E-state index contributed by atoms with van der Waals surface area (Å²) in [6.45, 7) is 10.1. The maximum absolute atomic E-state index is 9.63. The Balaban J connectivity index is 3.15. The largest absolute Gasteiger partial charge is 0.507 e. The molecule has 0 spiro atoms. The second-order valence-corrected chi connectivity index (χ2v) is 3.62. The lowest BCUT2D eigenvalue weighted by atomic mass is 9.97. The third kappa shape index (κ3) is 2.05. The van der Waals surface area contributed by atoms with Gasteiger partial charge >= 0.3 is 0 Å². The molecule has 0 saturated carbocycles. The predicted molar refractivity (Wildman–Crippen MR) is 61.2 cm³/mol. The van der Waals surface area contributed by atoms with Crippen molar-refractivity contribution in [2.24, 2.45) is 0 Å². The molecule has 1 aromatic carbocycles. The van der Waals surface area contributed by atoms with Crippen LogP contribution in [0.25, 0.3) is 5.57 Å². The molecule has 0 aliphatic heterocycles. The molecule has 1 aromatic rings. The topological polar surface area (TPSA) is 20.2 Å². The Hall–Kier alpha value is -1.50. The van der Waals surface area contributed by atoms with Gasteiger partial charge in [0.15, 0.2) is 0 Å². The molecular weight excluding hydrogens is 172 g/mol. The first kappa shape index (κ1) is 10.6. The summed E-state index contributed by atoms with van der Waals surface area (Å²) in [5.74, 6) is 0.290. The molecule has 0 aliphatic carbocycles. The van der Waals surface area contributed by atoms with Crippen molar-refractivity contribution in [1.29, 1.82) is 0 Å². The zero-order chi connectivity index (χ0) is 10.7. The van der Waals surface area contributed by atoms with E-state index in [1.54, 1.807) is 6.07 Å². The van der Waals surface area contributed by atoms with Crippen molar-refractivity contribution in [3.05, 3.63) is 47.6 Å². The third-order valence-electron chi connectivity index (χ3n) is 2.43. The van der Waals surface area contributed by atoms with E-state index in [4.69, 9.17) is 0 Å². The van der Waals surface area contributed by atoms with Crippen LogP contribution in [0.2, 0.25) is 0 Å². The van der Waals surface area contributed by atoms with Gasteiger partial charge in [-0.1, -0.05) is 30.4 Å². The number of hydrogen-bond acceptors (Lipinski definition) is 1. The fourth-order valence-corrected chi connectivity index (χ4v) is 1.23. The van der Waals surface area contributed by atoms with Crippen LogP contribution in [0.5, 0.6) is 5.75 Å². The van der Waals surface area contributed by atoms with Gasteiger partial charge < -0.3 is 5.11 Å². The second-order valence-electron chi connectivity index (χ2n) is 3.62. The van der Waals surface area contributed by atoms with E-state index in [9.17, 15) is 5.11 Å². The van der Waals surface area contributed by atoms with Crippen LogP contribution < -0.4 is 0 Å². The summed E-state index contributed by atoms with van der Waals surface area (Å²) in [6.07, 6.45) is 0. The number of aromatic hydroxyl groups is 1. The van der Waals surface area contributed by atoms with E-state index in [0.29, 0.717) is 0 Å². The zero-order valence-corrected chi connectivity index (χ0v) is 8.96. The fraction of sp³-hybridized carbons (Fsp3) is 0.231. The van der Waals surface area contributed by atoms with Crippen LogP contribution in [0.4, 0.5) is 0 Å². The minimum absolute atomic E-state index is 0.290. The Labute approximate surface area is 85.4 Å². The highest BCUT2D eigenvalue weighted by Gasteiger charge is 2.06. The Morgan fingerprint density at radius 3 is 2.21 bits per heavy atom. The van der Waals surface area contributed by atoms with Crippen LogP contribution in [0.3, 0.4) is 0 Å². The third-order valence-corrected chi connectivity index (χ3v) is 2.43. The van der Waals surface area contributed by atoms with Crippen LogP contribution >= 0.6 is 0 Å². The number of hydrogen-bond donors (Lipinski definition) is 1. The molecule has 0 bridgehead atoms. The zero-order valence-electron chi connectivity index (χ0n) is 8.96. The summed E-state index contributed by atoms with van der Waals surface area (Å²) in [6, 6.07) is 7.27. The molecule has 0 radical (unpaired) electrons. The summed E-state index contributed by atoms with van der Waals surface area (Å²) in [4.78, 5) is 0. The Morgan fingerprint density at radius 2 is 1.71 bits per heavy atom. The number of phenols is 1. The van der Waals surface area contributed by atoms with Crippen molar-refractivity contribution < 1.29 is 5.11 Å². The molecular formula is C13H16O. The van der Waals surface area contributed by atoms with E-state index in [0.717, 1.165) is 16.7 Å². The van der Waals surface area contributed by atoms with Gasteiger partial charge in [-0.05, 0) is 38.0 Å². The van der Waals surface area contributed by atoms with Gasteiger partial charge in [0.2, 0.25) is 0 Å². The van der Waals surface area contributed by atoms with E-state index in [1.165, 1.54) is 5.57 Å². The smallest absolute Gasteiger partial charge is 0.123 e. The number of allylic oxidation sites excluding steroid dienone is 3. The quantitative estimate of drug-likeness (QED) is 0.700. The first-order valence-electron chi connectivity index (χ1n) is 4.65. The van der Waals surface area contributed by atoms with Crippen LogP contribution in [0.1, 0.15) is 26.3 Å². The van der Waals surface area contributed by atoms with E-state index in [-0.39, 0.29) is 5.75 Å². The van der Waals surface area contributed by atoms with Gasteiger partial charge in [0.25, 0.3) is 0 Å². The average Bonchev–Trinajstić information content (AvgIpc) is 2.16. The molecule has 0 aliphatic rings. The lowest BCUT2D eigenvalue weighted by molar-refractivity contribution is 0.473. The normalized spacial score (nSPS) is 9.64. The van der Waals surface area contributed by atoms with E-state index < -0.39 is 0 Å². The van der Waals surface area contributed by atoms with Crippen LogP contribution in [0.15, 0.2) is 42.0 Å². The number of benzene rings is 1. The molecule has 0 saturated heterocycles. The van der Waals surface area contributed by atoms with Gasteiger partial charge in [0.05, 0.1) is 0 Å². The average molecular weight is 188 g/mol. The van der Waals surface area contributed by atoms with E-state index in [2.05, 4.69) is 6.58 Å². The summed E-state index contributed by atoms with van der Waals surface area (Å²) in [5.41, 5.74) is 4.05. The second kappa shape index (κ2) is 4.14. The highest BCUT2D eigenvalue weighted by molar-refractivity contribution is 5.80. The summed E-state index contributed by atoms with van der Waals surface area (Å²) in [5, 5.41) is 9.63. The highest BCUT2D eigenvalue weighted by Crippen LogP contribution is 2.29. The summed E-state index contributed by atoms with van der Waals surface area (Å²) >= 11 is 0. The van der Waals surface area contributed by atoms with Gasteiger partial charge in [-0.15, -0.1) is 0 Å². The van der Waals surface area contributed by atoms with Crippen molar-refractivity contribution in [2.45, 2.75) is 20.8 Å². The number of rotatable bonds is 2. The molecule has 0 fully saturated rings. The van der Waals surface area contributed by atoms with Crippen molar-refractivity contribution in [1.82, 2.24) is 0 Å². The Kier molecular flexibility index (Phi) is 3.13. The number of phenolic OH excluding ortho intramolecular Hbond substituents is 1. The van der Waals surface area contributed by atoms with Crippen LogP contribution in [-0.4, -0.2) is 5.11 Å². The van der Waals surface area contributed by atoms with Crippen LogP contribution in [-0.2, 0) is 0 Å². The van der Waals surface area contributed by atoms with Crippen molar-refractivity contribution in [3.63, 3.8) is 0 Å². The minimum Gasteiger partial charge on any atom is -0.507 e. The summed E-state index contributed by atoms with van der Waals surface area (Å²) in [7, 11) is 0. The van der Waals surface area contributed by atoms with Gasteiger partial charge in [0, 0.05) is 5.56 Å². The molecule has 0 amide bonds. The molecule has 74 valence electrons. The molecule has 1 nitrogen and oxygen atoms in total. The fourth-order valence-electron chi connectivity index (χ4n) is 1.23. The van der Waals surface area contributed by atoms with Crippen LogP contribution in [0, 0.1) is 0 Å². The molecule has 1 N–H and O–H groups in total. The first-order chi connectivity index (χ1) is 6.54. The Morgan fingerprint density at radius 1 is 1.14 bits per heavy atom. The first-order valence-corrected chi connectivity index (χ1v) is 4.65. The lowest BCUT2D eigenvalue weighted by Gasteiger charge is -2.09. The monoisotopic (exact) mass is 188 g/mol. The van der Waals surface area contributed by atoms with E-state index in [1.807, 2.05) is 39.0 Å². The lowest BCUT2D eigenvalue weighted by Crippen LogP contribution is -1.87. The van der Waals surface area contributed by atoms with Gasteiger partial charge in [-0.2, -0.15) is 0 Å². The highest BCUT2D eigenvalue weighted by atomic mass is 16.3. The molecule has 0 heterocycles. The van der Waals surface area contributed by atoms with E-state index >= 15 is 0 Å². The predicted octanol–water partition coefficient (Wildman–Crippen LogP) is 3.76. The molecule has 14 heavy (non-hydrogen) atoms. The molecule has 1 rings (SSSR count). The molecule has 0 atom stereocenters. The van der Waals surface area contributed by atoms with Crippen molar-refractivity contribution >= 4 is 5.57 Å². The molecule has 1 heteroatoms. The minimum atomic E-state index is 0.290.